The van der Waals surface area contributed by atoms with Gasteiger partial charge in [-0.05, 0) is 68.0 Å². The summed E-state index contributed by atoms with van der Waals surface area (Å²) in [5, 5.41) is 5.88. The minimum Gasteiger partial charge on any atom is -0.452 e. The fraction of sp³-hybridized carbons (Fsp3) is 0.233. The van der Waals surface area contributed by atoms with Crippen LogP contribution < -0.4 is 20.9 Å². The predicted molar refractivity (Wildman–Crippen MR) is 151 cm³/mol. The lowest BCUT2D eigenvalue weighted by molar-refractivity contribution is 0.102. The molecular weight excluding hydrogens is 516 g/mol. The molecule has 0 unspecified atom stereocenters. The third-order valence-corrected chi connectivity index (χ3v) is 5.99. The molecular formula is C30H31F2N5O3. The van der Waals surface area contributed by atoms with E-state index < -0.39 is 23.1 Å². The minimum absolute atomic E-state index is 0.0390. The Labute approximate surface area is 231 Å². The van der Waals surface area contributed by atoms with E-state index in [-0.39, 0.29) is 22.4 Å². The van der Waals surface area contributed by atoms with Gasteiger partial charge in [-0.15, -0.1) is 0 Å². The van der Waals surface area contributed by atoms with E-state index in [9.17, 15) is 14.0 Å². The van der Waals surface area contributed by atoms with Crippen molar-refractivity contribution in [3.05, 3.63) is 107 Å². The first-order valence-electron chi connectivity index (χ1n) is 12.6. The Hall–Kier alpha value is -4.57. The number of rotatable bonds is 10. The summed E-state index contributed by atoms with van der Waals surface area (Å²) in [5.41, 5.74) is 0.371. The van der Waals surface area contributed by atoms with Gasteiger partial charge in [-0.25, -0.2) is 8.78 Å². The molecule has 0 aliphatic carbocycles. The zero-order chi connectivity index (χ0) is 28.9. The predicted octanol–water partition coefficient (Wildman–Crippen LogP) is 5.56. The summed E-state index contributed by atoms with van der Waals surface area (Å²) in [6.07, 6.45) is 4.65. The fourth-order valence-corrected chi connectivity index (χ4v) is 4.30. The van der Waals surface area contributed by atoms with Crippen molar-refractivity contribution in [1.29, 1.82) is 0 Å². The number of pyridine rings is 2. The smallest absolute Gasteiger partial charge is 0.267 e. The number of halogens is 2. The molecule has 4 aromatic rings. The van der Waals surface area contributed by atoms with E-state index in [0.717, 1.165) is 12.6 Å². The van der Waals surface area contributed by atoms with Gasteiger partial charge in [-0.1, -0.05) is 13.8 Å². The Morgan fingerprint density at radius 2 is 1.80 bits per heavy atom. The van der Waals surface area contributed by atoms with Crippen LogP contribution in [0.2, 0.25) is 0 Å². The zero-order valence-electron chi connectivity index (χ0n) is 22.7. The van der Waals surface area contributed by atoms with Crippen molar-refractivity contribution in [3.8, 4) is 17.2 Å². The molecule has 2 aromatic carbocycles. The van der Waals surface area contributed by atoms with Gasteiger partial charge < -0.3 is 20.3 Å². The van der Waals surface area contributed by atoms with E-state index in [2.05, 4.69) is 34.4 Å². The highest BCUT2D eigenvalue weighted by Gasteiger charge is 2.20. The summed E-state index contributed by atoms with van der Waals surface area (Å²) in [6.45, 7) is 5.78. The summed E-state index contributed by atoms with van der Waals surface area (Å²) < 4.78 is 35.4. The van der Waals surface area contributed by atoms with E-state index in [1.807, 2.05) is 14.1 Å². The van der Waals surface area contributed by atoms with Crippen molar-refractivity contribution in [2.75, 3.05) is 37.8 Å². The molecule has 2 heterocycles. The van der Waals surface area contributed by atoms with Gasteiger partial charge in [0.1, 0.15) is 11.4 Å². The Balaban J connectivity index is 1.47. The third-order valence-electron chi connectivity index (χ3n) is 5.99. The molecule has 0 saturated carbocycles. The van der Waals surface area contributed by atoms with Crippen molar-refractivity contribution in [1.82, 2.24) is 14.5 Å². The van der Waals surface area contributed by atoms with Crippen molar-refractivity contribution in [3.63, 3.8) is 0 Å². The second-order valence-corrected chi connectivity index (χ2v) is 10.4. The van der Waals surface area contributed by atoms with Crippen LogP contribution >= 0.6 is 0 Å². The lowest BCUT2D eigenvalue weighted by Crippen LogP contribution is -2.34. The van der Waals surface area contributed by atoms with E-state index >= 15 is 4.39 Å². The van der Waals surface area contributed by atoms with Crippen molar-refractivity contribution in [2.45, 2.75) is 13.8 Å². The van der Waals surface area contributed by atoms with Crippen LogP contribution in [0.15, 0.2) is 84.0 Å². The molecule has 0 aliphatic rings. The van der Waals surface area contributed by atoms with Gasteiger partial charge in [0.15, 0.2) is 17.3 Å². The molecule has 0 saturated heterocycles. The molecule has 40 heavy (non-hydrogen) atoms. The first kappa shape index (κ1) is 28.4. The minimum atomic E-state index is -0.713. The van der Waals surface area contributed by atoms with Crippen LogP contribution in [0.1, 0.15) is 24.2 Å². The van der Waals surface area contributed by atoms with Crippen molar-refractivity contribution >= 4 is 17.3 Å². The third kappa shape index (κ3) is 7.09. The van der Waals surface area contributed by atoms with Gasteiger partial charge in [0, 0.05) is 49.0 Å². The van der Waals surface area contributed by atoms with Crippen LogP contribution in [-0.4, -0.2) is 47.5 Å². The summed E-state index contributed by atoms with van der Waals surface area (Å²) in [5.74, 6) is -1.50. The molecule has 0 fully saturated rings. The molecule has 0 spiro atoms. The lowest BCUT2D eigenvalue weighted by atomic mass is 9.93. The van der Waals surface area contributed by atoms with Gasteiger partial charge in [0.05, 0.1) is 11.9 Å². The Morgan fingerprint density at radius 1 is 1.05 bits per heavy atom. The fourth-order valence-electron chi connectivity index (χ4n) is 4.30. The van der Waals surface area contributed by atoms with E-state index in [0.29, 0.717) is 23.7 Å². The highest BCUT2D eigenvalue weighted by atomic mass is 19.1. The highest BCUT2D eigenvalue weighted by molar-refractivity contribution is 6.04. The number of hydrogen-bond acceptors (Lipinski definition) is 6. The second-order valence-electron chi connectivity index (χ2n) is 10.4. The number of nitrogens with one attached hydrogen (secondary N) is 2. The van der Waals surface area contributed by atoms with Crippen LogP contribution in [0.3, 0.4) is 0 Å². The second kappa shape index (κ2) is 12.1. The monoisotopic (exact) mass is 547 g/mol. The number of hydrogen-bond donors (Lipinski definition) is 2. The number of carbonyl (C=O) groups excluding carboxylic acids is 1. The van der Waals surface area contributed by atoms with Crippen LogP contribution in [0.25, 0.3) is 5.69 Å². The number of nitrogens with zero attached hydrogens (tertiary/aromatic N) is 3. The average Bonchev–Trinajstić information content (AvgIpc) is 2.90. The first-order chi connectivity index (χ1) is 19.0. The molecule has 2 N–H and O–H groups in total. The SMILES string of the molecule is CN(C)CC(C)(C)CNc1cnccc1Oc1ccc(NC(=O)c2cccn(-c3ccc(F)cc3)c2=O)cc1F. The Bertz CT molecular complexity index is 1550. The molecule has 208 valence electrons. The Kier molecular flexibility index (Phi) is 8.59. The highest BCUT2D eigenvalue weighted by Crippen LogP contribution is 2.32. The Morgan fingerprint density at radius 3 is 2.50 bits per heavy atom. The standard InChI is InChI=1S/C30H31F2N5O3/c1-30(2,19-36(3)4)18-34-25-17-33-14-13-27(25)40-26-12-9-21(16-24(26)32)35-28(38)23-6-5-15-37(29(23)39)22-10-7-20(31)8-11-22/h5-17,34H,18-19H2,1-4H3,(H,35,38). The molecule has 2 aromatic heterocycles. The summed E-state index contributed by atoms with van der Waals surface area (Å²) in [7, 11) is 4.03. The number of anilines is 2. The van der Waals surface area contributed by atoms with Gasteiger partial charge in [0.25, 0.3) is 11.5 Å². The van der Waals surface area contributed by atoms with Crippen LogP contribution in [0.5, 0.6) is 11.5 Å². The zero-order valence-corrected chi connectivity index (χ0v) is 22.7. The maximum atomic E-state index is 15.0. The average molecular weight is 548 g/mol. The number of carbonyl (C=O) groups is 1. The molecule has 1 amide bonds. The molecule has 0 bridgehead atoms. The number of amides is 1. The molecule has 0 radical (unpaired) electrons. The molecule has 0 aliphatic heterocycles. The van der Waals surface area contributed by atoms with Gasteiger partial charge in [-0.2, -0.15) is 0 Å². The van der Waals surface area contributed by atoms with Gasteiger partial charge in [-0.3, -0.25) is 19.1 Å². The largest absolute Gasteiger partial charge is 0.452 e. The number of ether oxygens (including phenoxy) is 1. The normalized spacial score (nSPS) is 11.4. The first-order valence-corrected chi connectivity index (χ1v) is 12.6. The molecule has 4 rings (SSSR count). The van der Waals surface area contributed by atoms with E-state index in [1.54, 1.807) is 18.5 Å². The van der Waals surface area contributed by atoms with Crippen LogP contribution in [0.4, 0.5) is 20.2 Å². The topological polar surface area (TPSA) is 88.5 Å². The van der Waals surface area contributed by atoms with Crippen LogP contribution in [0, 0.1) is 17.0 Å². The van der Waals surface area contributed by atoms with Crippen molar-refractivity contribution in [2.24, 2.45) is 5.41 Å². The molecule has 8 nitrogen and oxygen atoms in total. The van der Waals surface area contributed by atoms with Crippen LogP contribution in [-0.2, 0) is 0 Å². The van der Waals surface area contributed by atoms with Gasteiger partial charge >= 0.3 is 0 Å². The summed E-state index contributed by atoms with van der Waals surface area (Å²) in [6, 6.07) is 13.8. The lowest BCUT2D eigenvalue weighted by Gasteiger charge is -2.29. The summed E-state index contributed by atoms with van der Waals surface area (Å²) in [4.78, 5) is 32.0. The maximum absolute atomic E-state index is 15.0. The number of aromatic nitrogens is 2. The van der Waals surface area contributed by atoms with Crippen molar-refractivity contribution < 1.29 is 18.3 Å². The molecule has 0 atom stereocenters. The van der Waals surface area contributed by atoms with E-state index in [1.165, 1.54) is 59.3 Å². The summed E-state index contributed by atoms with van der Waals surface area (Å²) >= 11 is 0. The quantitative estimate of drug-likeness (QED) is 0.271. The van der Waals surface area contributed by atoms with E-state index in [4.69, 9.17) is 4.74 Å². The molecule has 10 heteroatoms. The number of benzene rings is 2. The van der Waals surface area contributed by atoms with Gasteiger partial charge in [0.2, 0.25) is 0 Å². The maximum Gasteiger partial charge on any atom is 0.267 e.